The quantitative estimate of drug-likeness (QED) is 0.677. The van der Waals surface area contributed by atoms with Crippen molar-refractivity contribution in [1.82, 2.24) is 9.88 Å². The molecule has 20 heavy (non-hydrogen) atoms. The van der Waals surface area contributed by atoms with Gasteiger partial charge in [0.15, 0.2) is 5.13 Å². The molecule has 5 N–H and O–H groups in total. The minimum Gasteiger partial charge on any atom is -0.391 e. The van der Waals surface area contributed by atoms with Crippen LogP contribution >= 0.6 is 11.3 Å². The fourth-order valence-electron chi connectivity index (χ4n) is 2.64. The van der Waals surface area contributed by atoms with E-state index in [1.807, 2.05) is 0 Å². The van der Waals surface area contributed by atoms with Crippen LogP contribution in [0.5, 0.6) is 0 Å². The van der Waals surface area contributed by atoms with Gasteiger partial charge in [-0.3, -0.25) is 4.79 Å². The van der Waals surface area contributed by atoms with Gasteiger partial charge in [0, 0.05) is 32.2 Å². The minimum atomic E-state index is -0.427. The van der Waals surface area contributed by atoms with Gasteiger partial charge >= 0.3 is 0 Å². The molecule has 2 fully saturated rings. The number of carbonyl (C=O) groups excluding carboxylic acids is 1. The van der Waals surface area contributed by atoms with Crippen LogP contribution in [0.4, 0.5) is 10.9 Å². The van der Waals surface area contributed by atoms with Crippen molar-refractivity contribution >= 4 is 28.2 Å². The largest absolute Gasteiger partial charge is 0.391 e. The number of rotatable bonds is 2. The Morgan fingerprint density at radius 3 is 2.75 bits per heavy atom. The topological polar surface area (TPSA) is 109 Å². The number of nitrogens with two attached hydrogens (primary N) is 2. The first-order valence-corrected chi connectivity index (χ1v) is 7.60. The molecule has 2 aliphatic rings. The third-order valence-electron chi connectivity index (χ3n) is 3.78. The Bertz CT molecular complexity index is 520. The van der Waals surface area contributed by atoms with Crippen molar-refractivity contribution in [1.29, 1.82) is 0 Å². The number of likely N-dealkylation sites (tertiary alicyclic amines) is 1. The van der Waals surface area contributed by atoms with Crippen molar-refractivity contribution in [3.05, 3.63) is 4.88 Å². The van der Waals surface area contributed by atoms with E-state index in [9.17, 15) is 9.90 Å². The summed E-state index contributed by atoms with van der Waals surface area (Å²) in [6, 6.07) is 0.160. The first kappa shape index (κ1) is 13.6. The Kier molecular flexibility index (Phi) is 3.53. The molecule has 0 bridgehead atoms. The predicted molar refractivity (Wildman–Crippen MR) is 77.9 cm³/mol. The molecule has 2 aliphatic heterocycles. The number of aliphatic hydroxyl groups excluding tert-OH is 1. The molecular weight excluding hydrogens is 278 g/mol. The Morgan fingerprint density at radius 1 is 1.35 bits per heavy atom. The molecule has 3 rings (SSSR count). The van der Waals surface area contributed by atoms with Crippen LogP contribution in [0.3, 0.4) is 0 Å². The zero-order valence-corrected chi connectivity index (χ0v) is 12.0. The molecule has 1 aromatic heterocycles. The Morgan fingerprint density at radius 2 is 2.15 bits per heavy atom. The number of aromatic nitrogens is 1. The zero-order chi connectivity index (χ0) is 14.3. The second-order valence-corrected chi connectivity index (χ2v) is 6.38. The van der Waals surface area contributed by atoms with Crippen molar-refractivity contribution in [2.24, 2.45) is 5.73 Å². The molecule has 1 amide bonds. The predicted octanol–water partition coefficient (Wildman–Crippen LogP) is -0.530. The summed E-state index contributed by atoms with van der Waals surface area (Å²) < 4.78 is 0. The maximum Gasteiger partial charge on any atom is 0.267 e. The van der Waals surface area contributed by atoms with Crippen LogP contribution in [0.1, 0.15) is 22.5 Å². The number of amides is 1. The Balaban J connectivity index is 1.77. The first-order chi connectivity index (χ1) is 9.54. The van der Waals surface area contributed by atoms with E-state index in [0.717, 1.165) is 24.6 Å². The summed E-state index contributed by atoms with van der Waals surface area (Å²) in [5, 5.41) is 10.3. The highest BCUT2D eigenvalue weighted by molar-refractivity contribution is 7.18. The van der Waals surface area contributed by atoms with Gasteiger partial charge in [-0.2, -0.15) is 0 Å². The van der Waals surface area contributed by atoms with Gasteiger partial charge in [-0.1, -0.05) is 11.3 Å². The van der Waals surface area contributed by atoms with Gasteiger partial charge in [0.1, 0.15) is 10.7 Å². The highest BCUT2D eigenvalue weighted by Crippen LogP contribution is 2.31. The van der Waals surface area contributed by atoms with Crippen molar-refractivity contribution in [2.75, 3.05) is 36.8 Å². The normalized spacial score (nSPS) is 26.5. The summed E-state index contributed by atoms with van der Waals surface area (Å²) in [7, 11) is 0. The van der Waals surface area contributed by atoms with Gasteiger partial charge in [-0.05, 0) is 12.8 Å². The molecule has 110 valence electrons. The monoisotopic (exact) mass is 297 g/mol. The number of anilines is 2. The molecule has 7 nitrogen and oxygen atoms in total. The fourth-order valence-corrected chi connectivity index (χ4v) is 3.63. The van der Waals surface area contributed by atoms with Gasteiger partial charge in [-0.15, -0.1) is 0 Å². The third-order valence-corrected chi connectivity index (χ3v) is 4.90. The van der Waals surface area contributed by atoms with E-state index in [2.05, 4.69) is 9.88 Å². The summed E-state index contributed by atoms with van der Waals surface area (Å²) >= 11 is 1.32. The molecule has 0 radical (unpaired) electrons. The molecule has 3 heterocycles. The van der Waals surface area contributed by atoms with E-state index < -0.39 is 6.10 Å². The average Bonchev–Trinajstić information content (AvgIpc) is 3.09. The van der Waals surface area contributed by atoms with Crippen molar-refractivity contribution < 1.29 is 9.90 Å². The van der Waals surface area contributed by atoms with Gasteiger partial charge < -0.3 is 26.4 Å². The number of carbonyl (C=O) groups is 1. The van der Waals surface area contributed by atoms with Crippen molar-refractivity contribution in [3.63, 3.8) is 0 Å². The lowest BCUT2D eigenvalue weighted by Crippen LogP contribution is -2.29. The summed E-state index contributed by atoms with van der Waals surface area (Å²) in [4.78, 5) is 20.8. The molecule has 0 aromatic carbocycles. The number of nitrogens with zero attached hydrogens (tertiary/aromatic N) is 3. The lowest BCUT2D eigenvalue weighted by molar-refractivity contribution is 0.0770. The smallest absolute Gasteiger partial charge is 0.267 e. The minimum absolute atomic E-state index is 0.133. The molecule has 2 atom stereocenters. The van der Waals surface area contributed by atoms with E-state index in [4.69, 9.17) is 11.5 Å². The summed E-state index contributed by atoms with van der Waals surface area (Å²) in [6.07, 6.45) is 1.13. The zero-order valence-electron chi connectivity index (χ0n) is 11.2. The Hall–Kier alpha value is -1.38. The van der Waals surface area contributed by atoms with Gasteiger partial charge in [0.25, 0.3) is 5.91 Å². The standard InChI is InChI=1S/C12H19N5O2S/c13-7-1-3-17(5-7)12-15-10(14)9(20-12)11(19)16-4-2-8(18)6-16/h7-8,18H,1-6,13-14H2. The number of thiazole rings is 1. The molecule has 2 saturated heterocycles. The summed E-state index contributed by atoms with van der Waals surface area (Å²) in [5.74, 6) is 0.142. The summed E-state index contributed by atoms with van der Waals surface area (Å²) in [6.45, 7) is 2.55. The fraction of sp³-hybridized carbons (Fsp3) is 0.667. The molecule has 0 aliphatic carbocycles. The number of aliphatic hydroxyl groups is 1. The maximum absolute atomic E-state index is 12.4. The van der Waals surface area contributed by atoms with E-state index in [-0.39, 0.29) is 17.8 Å². The van der Waals surface area contributed by atoms with Crippen LogP contribution in [0.2, 0.25) is 0 Å². The van der Waals surface area contributed by atoms with Crippen LogP contribution < -0.4 is 16.4 Å². The van der Waals surface area contributed by atoms with Gasteiger partial charge in [0.2, 0.25) is 0 Å². The van der Waals surface area contributed by atoms with Gasteiger partial charge in [0.05, 0.1) is 6.10 Å². The van der Waals surface area contributed by atoms with E-state index in [1.165, 1.54) is 11.3 Å². The highest BCUT2D eigenvalue weighted by atomic mass is 32.1. The van der Waals surface area contributed by atoms with Crippen LogP contribution in [0.15, 0.2) is 0 Å². The summed E-state index contributed by atoms with van der Waals surface area (Å²) in [5.41, 5.74) is 11.8. The molecule has 0 spiro atoms. The molecular formula is C12H19N5O2S. The lowest BCUT2D eigenvalue weighted by atomic mass is 10.3. The average molecular weight is 297 g/mol. The van der Waals surface area contributed by atoms with Crippen molar-refractivity contribution in [2.45, 2.75) is 25.0 Å². The van der Waals surface area contributed by atoms with Crippen LogP contribution in [-0.2, 0) is 0 Å². The SMILES string of the molecule is Nc1nc(N2CCC(N)C2)sc1C(=O)N1CCC(O)C1. The van der Waals surface area contributed by atoms with Gasteiger partial charge in [-0.25, -0.2) is 4.98 Å². The molecule has 2 unspecified atom stereocenters. The van der Waals surface area contributed by atoms with E-state index in [0.29, 0.717) is 24.4 Å². The molecule has 1 aromatic rings. The van der Waals surface area contributed by atoms with Crippen LogP contribution in [-0.4, -0.2) is 59.2 Å². The molecule has 0 saturated carbocycles. The number of β-amino-alcohol motifs (C(OH)–C–C–N with tert-alkyl or cyclic N) is 1. The lowest BCUT2D eigenvalue weighted by Gasteiger charge is -2.14. The highest BCUT2D eigenvalue weighted by Gasteiger charge is 2.30. The van der Waals surface area contributed by atoms with E-state index in [1.54, 1.807) is 4.90 Å². The number of hydrogen-bond donors (Lipinski definition) is 3. The second-order valence-electron chi connectivity index (χ2n) is 5.40. The number of hydrogen-bond acceptors (Lipinski definition) is 7. The maximum atomic E-state index is 12.4. The van der Waals surface area contributed by atoms with E-state index >= 15 is 0 Å². The third kappa shape index (κ3) is 2.46. The van der Waals surface area contributed by atoms with Crippen LogP contribution in [0.25, 0.3) is 0 Å². The van der Waals surface area contributed by atoms with Crippen LogP contribution in [0, 0.1) is 0 Å². The first-order valence-electron chi connectivity index (χ1n) is 6.78. The number of nitrogen functional groups attached to an aromatic ring is 1. The second kappa shape index (κ2) is 5.19. The molecule has 8 heteroatoms. The Labute approximate surface area is 121 Å². The van der Waals surface area contributed by atoms with Crippen molar-refractivity contribution in [3.8, 4) is 0 Å².